The third-order valence-corrected chi connectivity index (χ3v) is 7.22. The molecule has 2 aromatic rings. The predicted molar refractivity (Wildman–Crippen MR) is 114 cm³/mol. The number of nitrogens with one attached hydrogen (secondary N) is 1. The molecular formula is C22H24F2N4O3S. The largest absolute Gasteiger partial charge is 0.435 e. The number of fused-ring (bicyclic) bond motifs is 1. The van der Waals surface area contributed by atoms with Crippen LogP contribution in [-0.4, -0.2) is 32.6 Å². The Hall–Kier alpha value is -2.77. The number of benzene rings is 1. The summed E-state index contributed by atoms with van der Waals surface area (Å²) in [6.45, 7) is 1.18. The SMILES string of the molecule is CC(C)NS(=O)(=O)c1ccc(C2C(C#N)c3ccc(OC(F)F)cc3N2CC2CC2)nc1. The van der Waals surface area contributed by atoms with Crippen LogP contribution in [0.5, 0.6) is 5.75 Å². The van der Waals surface area contributed by atoms with E-state index in [0.29, 0.717) is 23.8 Å². The summed E-state index contributed by atoms with van der Waals surface area (Å²) in [6, 6.07) is 9.33. The summed E-state index contributed by atoms with van der Waals surface area (Å²) in [5.41, 5.74) is 1.94. The number of rotatable bonds is 8. The number of pyridine rings is 1. The van der Waals surface area contributed by atoms with E-state index >= 15 is 0 Å². The Morgan fingerprint density at radius 2 is 2.03 bits per heavy atom. The quantitative estimate of drug-likeness (QED) is 0.638. The predicted octanol–water partition coefficient (Wildman–Crippen LogP) is 3.95. The number of alkyl halides is 2. The lowest BCUT2D eigenvalue weighted by molar-refractivity contribution is -0.0498. The zero-order valence-corrected chi connectivity index (χ0v) is 18.5. The highest BCUT2D eigenvalue weighted by Crippen LogP contribution is 2.51. The highest BCUT2D eigenvalue weighted by Gasteiger charge is 2.43. The van der Waals surface area contributed by atoms with Crippen molar-refractivity contribution < 1.29 is 21.9 Å². The Kier molecular flexibility index (Phi) is 6.05. The molecule has 1 aliphatic carbocycles. The monoisotopic (exact) mass is 462 g/mol. The Bertz CT molecular complexity index is 1130. The van der Waals surface area contributed by atoms with Crippen LogP contribution in [0.1, 0.15) is 49.9 Å². The van der Waals surface area contributed by atoms with Gasteiger partial charge in [-0.05, 0) is 56.4 Å². The van der Waals surface area contributed by atoms with Crippen LogP contribution in [0.15, 0.2) is 41.4 Å². The molecule has 0 bridgehead atoms. The summed E-state index contributed by atoms with van der Waals surface area (Å²) in [5.74, 6) is -0.0866. The van der Waals surface area contributed by atoms with Gasteiger partial charge in [0.15, 0.2) is 0 Å². The number of nitriles is 1. The van der Waals surface area contributed by atoms with Gasteiger partial charge in [0.2, 0.25) is 10.0 Å². The maximum Gasteiger partial charge on any atom is 0.387 e. The van der Waals surface area contributed by atoms with E-state index in [2.05, 4.69) is 20.5 Å². The molecule has 0 amide bonds. The lowest BCUT2D eigenvalue weighted by Gasteiger charge is -2.28. The average molecular weight is 463 g/mol. The van der Waals surface area contributed by atoms with Crippen molar-refractivity contribution in [3.63, 3.8) is 0 Å². The highest BCUT2D eigenvalue weighted by atomic mass is 32.2. The van der Waals surface area contributed by atoms with Crippen LogP contribution < -0.4 is 14.4 Å². The molecule has 2 unspecified atom stereocenters. The number of ether oxygens (including phenoxy) is 1. The van der Waals surface area contributed by atoms with E-state index in [-0.39, 0.29) is 16.7 Å². The Balaban J connectivity index is 1.71. The molecule has 2 aliphatic rings. The van der Waals surface area contributed by atoms with Gasteiger partial charge in [0.05, 0.1) is 23.7 Å². The minimum atomic E-state index is -3.69. The molecule has 1 fully saturated rings. The fraction of sp³-hybridized carbons (Fsp3) is 0.455. The van der Waals surface area contributed by atoms with Gasteiger partial charge in [-0.25, -0.2) is 13.1 Å². The molecule has 2 heterocycles. The standard InChI is InChI=1S/C22H24F2N4O3S/c1-13(2)27-32(29,30)16-6-8-19(26-11-16)21-18(10-25)17-7-5-15(31-22(23)24)9-20(17)28(21)12-14-3-4-14/h5-9,11,13-14,18,21-22,27H,3-4,12H2,1-2H3. The van der Waals surface area contributed by atoms with Crippen molar-refractivity contribution in [1.82, 2.24) is 9.71 Å². The van der Waals surface area contributed by atoms with E-state index in [1.165, 1.54) is 18.3 Å². The third-order valence-electron chi connectivity index (χ3n) is 5.58. The summed E-state index contributed by atoms with van der Waals surface area (Å²) in [7, 11) is -3.69. The number of aromatic nitrogens is 1. The first-order valence-electron chi connectivity index (χ1n) is 10.4. The second-order valence-electron chi connectivity index (χ2n) is 8.44. The minimum Gasteiger partial charge on any atom is -0.435 e. The number of nitrogens with zero attached hydrogens (tertiary/aromatic N) is 3. The van der Waals surface area contributed by atoms with E-state index in [0.717, 1.165) is 18.4 Å². The van der Waals surface area contributed by atoms with Gasteiger partial charge < -0.3 is 9.64 Å². The Morgan fingerprint density at radius 3 is 2.59 bits per heavy atom. The van der Waals surface area contributed by atoms with Crippen LogP contribution in [0.2, 0.25) is 0 Å². The number of anilines is 1. The van der Waals surface area contributed by atoms with Crippen molar-refractivity contribution in [2.45, 2.75) is 56.2 Å². The summed E-state index contributed by atoms with van der Waals surface area (Å²) < 4.78 is 57.4. The number of sulfonamides is 1. The van der Waals surface area contributed by atoms with Crippen LogP contribution in [0.4, 0.5) is 14.5 Å². The normalized spacial score (nSPS) is 20.5. The van der Waals surface area contributed by atoms with Gasteiger partial charge in [0, 0.05) is 30.5 Å². The second-order valence-corrected chi connectivity index (χ2v) is 10.2. The van der Waals surface area contributed by atoms with Crippen molar-refractivity contribution >= 4 is 15.7 Å². The average Bonchev–Trinajstić information content (AvgIpc) is 3.48. The van der Waals surface area contributed by atoms with Crippen LogP contribution in [0, 0.1) is 17.2 Å². The van der Waals surface area contributed by atoms with Crippen molar-refractivity contribution in [3.05, 3.63) is 47.8 Å². The molecule has 1 aromatic carbocycles. The van der Waals surface area contributed by atoms with Crippen molar-refractivity contribution in [2.75, 3.05) is 11.4 Å². The molecule has 4 rings (SSSR count). The van der Waals surface area contributed by atoms with Gasteiger partial charge in [-0.15, -0.1) is 0 Å². The first-order valence-corrected chi connectivity index (χ1v) is 11.9. The molecule has 0 saturated heterocycles. The fourth-order valence-electron chi connectivity index (χ4n) is 4.08. The van der Waals surface area contributed by atoms with E-state index in [9.17, 15) is 22.5 Å². The summed E-state index contributed by atoms with van der Waals surface area (Å²) >= 11 is 0. The third kappa shape index (κ3) is 4.54. The van der Waals surface area contributed by atoms with Crippen LogP contribution >= 0.6 is 0 Å². The topological polar surface area (TPSA) is 95.3 Å². The lowest BCUT2D eigenvalue weighted by atomic mass is 9.94. The minimum absolute atomic E-state index is 0.0334. The molecule has 0 radical (unpaired) electrons. The molecule has 0 spiro atoms. The van der Waals surface area contributed by atoms with Crippen LogP contribution in [0.25, 0.3) is 0 Å². The number of halogens is 2. The smallest absolute Gasteiger partial charge is 0.387 e. The van der Waals surface area contributed by atoms with Crippen molar-refractivity contribution in [1.29, 1.82) is 5.26 Å². The van der Waals surface area contributed by atoms with Gasteiger partial charge in [0.1, 0.15) is 10.6 Å². The lowest BCUT2D eigenvalue weighted by Crippen LogP contribution is -2.31. The summed E-state index contributed by atoms with van der Waals surface area (Å²) in [4.78, 5) is 6.46. The molecule has 10 heteroatoms. The Labute approximate surface area is 186 Å². The van der Waals surface area contributed by atoms with E-state index in [1.807, 2.05) is 4.90 Å². The molecular weight excluding hydrogens is 438 g/mol. The van der Waals surface area contributed by atoms with E-state index < -0.39 is 28.6 Å². The van der Waals surface area contributed by atoms with E-state index in [1.54, 1.807) is 32.0 Å². The molecule has 1 aromatic heterocycles. The van der Waals surface area contributed by atoms with Gasteiger partial charge in [0.25, 0.3) is 0 Å². The number of hydrogen-bond donors (Lipinski definition) is 1. The van der Waals surface area contributed by atoms with Crippen molar-refractivity contribution in [2.24, 2.45) is 5.92 Å². The van der Waals surface area contributed by atoms with Gasteiger partial charge in [-0.3, -0.25) is 4.98 Å². The fourth-order valence-corrected chi connectivity index (χ4v) is 5.27. The molecule has 1 N–H and O–H groups in total. The van der Waals surface area contributed by atoms with Crippen molar-refractivity contribution in [3.8, 4) is 11.8 Å². The maximum atomic E-state index is 12.7. The first kappa shape index (κ1) is 22.4. The Morgan fingerprint density at radius 1 is 1.28 bits per heavy atom. The summed E-state index contributed by atoms with van der Waals surface area (Å²) in [6.07, 6.45) is 3.42. The molecule has 1 saturated carbocycles. The zero-order valence-electron chi connectivity index (χ0n) is 17.7. The maximum absolute atomic E-state index is 12.7. The van der Waals surface area contributed by atoms with Gasteiger partial charge >= 0.3 is 6.61 Å². The van der Waals surface area contributed by atoms with Gasteiger partial charge in [-0.2, -0.15) is 14.0 Å². The van der Waals surface area contributed by atoms with Crippen LogP contribution in [0.3, 0.4) is 0 Å². The van der Waals surface area contributed by atoms with Gasteiger partial charge in [-0.1, -0.05) is 6.07 Å². The first-order chi connectivity index (χ1) is 15.2. The molecule has 7 nitrogen and oxygen atoms in total. The molecule has 1 aliphatic heterocycles. The van der Waals surface area contributed by atoms with Crippen LogP contribution in [-0.2, 0) is 10.0 Å². The highest BCUT2D eigenvalue weighted by molar-refractivity contribution is 7.89. The second kappa shape index (κ2) is 8.64. The molecule has 32 heavy (non-hydrogen) atoms. The van der Waals surface area contributed by atoms with E-state index in [4.69, 9.17) is 0 Å². The molecule has 2 atom stereocenters. The zero-order chi connectivity index (χ0) is 23.0. The summed E-state index contributed by atoms with van der Waals surface area (Å²) in [5, 5.41) is 9.95. The molecule has 170 valence electrons. The number of hydrogen-bond acceptors (Lipinski definition) is 6.